The first kappa shape index (κ1) is 31.5. The van der Waals surface area contributed by atoms with Gasteiger partial charge in [0.2, 0.25) is 24.1 Å². The fraction of sp³-hybridized carbons (Fsp3) is 0.643. The summed E-state index contributed by atoms with van der Waals surface area (Å²) in [5, 5.41) is 23.4. The van der Waals surface area contributed by atoms with Crippen LogP contribution in [0, 0.1) is 35.0 Å². The summed E-state index contributed by atoms with van der Waals surface area (Å²) < 4.78 is 0. The van der Waals surface area contributed by atoms with E-state index in [0.29, 0.717) is 6.41 Å². The monoisotopic (exact) mass is 542 g/mol. The van der Waals surface area contributed by atoms with Crippen molar-refractivity contribution in [3.05, 3.63) is 18.3 Å². The first-order chi connectivity index (χ1) is 18.5. The molecule has 214 valence electrons. The molecule has 11 nitrogen and oxygen atoms in total. The topological polar surface area (TPSA) is 156 Å². The molecule has 1 aromatic rings. The van der Waals surface area contributed by atoms with Gasteiger partial charge in [0.05, 0.1) is 18.5 Å². The number of anilines is 1. The highest BCUT2D eigenvalue weighted by atomic mass is 16.3. The van der Waals surface area contributed by atoms with Crippen LogP contribution in [0.5, 0.6) is 5.75 Å². The summed E-state index contributed by atoms with van der Waals surface area (Å²) in [7, 11) is 0. The molecule has 4 rings (SSSR count). The molecule has 2 saturated heterocycles. The lowest BCUT2D eigenvalue weighted by Crippen LogP contribution is -2.38. The van der Waals surface area contributed by atoms with Crippen molar-refractivity contribution < 1.29 is 24.3 Å². The van der Waals surface area contributed by atoms with Crippen molar-refractivity contribution >= 4 is 29.9 Å². The quantitative estimate of drug-likeness (QED) is 0.483. The molecule has 0 bridgehead atoms. The zero-order chi connectivity index (χ0) is 28.9. The van der Waals surface area contributed by atoms with E-state index in [1.165, 1.54) is 49.8 Å². The lowest BCUT2D eigenvalue weighted by molar-refractivity contribution is -0.131. The Morgan fingerprint density at radius 2 is 1.79 bits per heavy atom. The molecule has 11 heteroatoms. The number of pyridine rings is 1. The van der Waals surface area contributed by atoms with Crippen molar-refractivity contribution in [2.24, 2.45) is 23.7 Å². The van der Waals surface area contributed by atoms with Gasteiger partial charge in [-0.15, -0.1) is 0 Å². The van der Waals surface area contributed by atoms with Crippen LogP contribution in [-0.4, -0.2) is 76.2 Å². The molecular weight excluding hydrogens is 500 g/mol. The summed E-state index contributed by atoms with van der Waals surface area (Å²) in [6, 6.07) is 4.35. The van der Waals surface area contributed by atoms with Crippen LogP contribution in [-0.2, 0) is 19.2 Å². The molecule has 4 unspecified atom stereocenters. The van der Waals surface area contributed by atoms with Gasteiger partial charge in [-0.05, 0) is 49.1 Å². The number of hydrogen-bond donors (Lipinski definition) is 3. The summed E-state index contributed by atoms with van der Waals surface area (Å²) in [6.45, 7) is 10.1. The fourth-order valence-electron chi connectivity index (χ4n) is 4.93. The Hall–Kier alpha value is -3.68. The van der Waals surface area contributed by atoms with Crippen molar-refractivity contribution in [3.8, 4) is 11.8 Å². The van der Waals surface area contributed by atoms with Crippen molar-refractivity contribution in [2.45, 2.75) is 65.8 Å². The van der Waals surface area contributed by atoms with Crippen molar-refractivity contribution in [1.29, 1.82) is 5.26 Å². The molecule has 4 amide bonds. The SMILES string of the molecule is CC(=O)NCC(=O)N1CC2CCCCC2C1.CC(C)C.N#CC1CC(C(=O)Nc2ncccc2O)CN1C=O. The lowest BCUT2D eigenvalue weighted by atomic mass is 9.82. The van der Waals surface area contributed by atoms with Gasteiger partial charge in [-0.25, -0.2) is 4.98 Å². The number of nitrogens with zero attached hydrogens (tertiary/aromatic N) is 4. The number of nitrogens with one attached hydrogen (secondary N) is 2. The van der Waals surface area contributed by atoms with Gasteiger partial charge in [0.25, 0.3) is 0 Å². The van der Waals surface area contributed by atoms with Crippen molar-refractivity contribution in [2.75, 3.05) is 31.5 Å². The van der Waals surface area contributed by atoms with E-state index in [9.17, 15) is 24.3 Å². The molecular formula is C28H42N6O5. The third-order valence-corrected chi connectivity index (χ3v) is 6.84. The fourth-order valence-corrected chi connectivity index (χ4v) is 4.93. The van der Waals surface area contributed by atoms with E-state index in [4.69, 9.17) is 5.26 Å². The molecule has 3 heterocycles. The zero-order valence-corrected chi connectivity index (χ0v) is 23.4. The Labute approximate surface area is 230 Å². The van der Waals surface area contributed by atoms with E-state index in [1.54, 1.807) is 6.07 Å². The highest BCUT2D eigenvalue weighted by Gasteiger charge is 2.37. The number of hydrogen-bond acceptors (Lipinski definition) is 7. The molecule has 0 aromatic carbocycles. The van der Waals surface area contributed by atoms with Gasteiger partial charge in [-0.3, -0.25) is 19.2 Å². The van der Waals surface area contributed by atoms with Gasteiger partial charge in [-0.1, -0.05) is 33.6 Å². The molecule has 1 aromatic heterocycles. The molecule has 0 radical (unpaired) electrons. The average Bonchev–Trinajstić information content (AvgIpc) is 3.53. The summed E-state index contributed by atoms with van der Waals surface area (Å²) >= 11 is 0. The van der Waals surface area contributed by atoms with Gasteiger partial charge < -0.3 is 25.5 Å². The van der Waals surface area contributed by atoms with E-state index in [2.05, 4.69) is 36.4 Å². The number of fused-ring (bicyclic) bond motifs is 1. The van der Waals surface area contributed by atoms with Gasteiger partial charge >= 0.3 is 0 Å². The highest BCUT2D eigenvalue weighted by molar-refractivity contribution is 5.93. The summed E-state index contributed by atoms with van der Waals surface area (Å²) in [5.74, 6) is 1.32. The maximum Gasteiger partial charge on any atom is 0.241 e. The Bertz CT molecular complexity index is 1010. The number of likely N-dealkylation sites (tertiary alicyclic amines) is 2. The van der Waals surface area contributed by atoms with E-state index < -0.39 is 12.0 Å². The highest BCUT2D eigenvalue weighted by Crippen LogP contribution is 2.35. The van der Waals surface area contributed by atoms with Gasteiger partial charge in [0, 0.05) is 32.8 Å². The van der Waals surface area contributed by atoms with Crippen LogP contribution >= 0.6 is 0 Å². The van der Waals surface area contributed by atoms with Crippen molar-refractivity contribution in [1.82, 2.24) is 20.1 Å². The van der Waals surface area contributed by atoms with Gasteiger partial charge in [0.1, 0.15) is 6.04 Å². The number of rotatable bonds is 5. The second kappa shape index (κ2) is 15.7. The minimum absolute atomic E-state index is 0.0737. The maximum absolute atomic E-state index is 12.0. The molecule has 1 aliphatic carbocycles. The second-order valence-corrected chi connectivity index (χ2v) is 11.0. The minimum atomic E-state index is -0.578. The predicted molar refractivity (Wildman–Crippen MR) is 146 cm³/mol. The average molecular weight is 543 g/mol. The number of aromatic hydroxyl groups is 1. The molecule has 0 spiro atoms. The molecule has 4 atom stereocenters. The number of carbonyl (C=O) groups excluding carboxylic acids is 4. The van der Waals surface area contributed by atoms with Crippen LogP contribution in [0.4, 0.5) is 5.82 Å². The van der Waals surface area contributed by atoms with Gasteiger partial charge in [-0.2, -0.15) is 5.26 Å². The Morgan fingerprint density at radius 1 is 1.18 bits per heavy atom. The number of aromatic nitrogens is 1. The van der Waals surface area contributed by atoms with Crippen molar-refractivity contribution in [3.63, 3.8) is 0 Å². The predicted octanol–water partition coefficient (Wildman–Crippen LogP) is 2.53. The molecule has 39 heavy (non-hydrogen) atoms. The zero-order valence-electron chi connectivity index (χ0n) is 23.4. The van der Waals surface area contributed by atoms with Crippen LogP contribution in [0.15, 0.2) is 18.3 Å². The second-order valence-electron chi connectivity index (χ2n) is 11.0. The maximum atomic E-state index is 12.0. The lowest BCUT2D eigenvalue weighted by Gasteiger charge is -2.22. The Morgan fingerprint density at radius 3 is 2.28 bits per heavy atom. The Kier molecular flexibility index (Phi) is 12.7. The Balaban J connectivity index is 0.000000243. The van der Waals surface area contributed by atoms with Crippen LogP contribution in [0.3, 0.4) is 0 Å². The minimum Gasteiger partial charge on any atom is -0.504 e. The molecule has 3 aliphatic rings. The van der Waals surface area contributed by atoms with E-state index in [0.717, 1.165) is 30.8 Å². The summed E-state index contributed by atoms with van der Waals surface area (Å²) in [4.78, 5) is 52.3. The number of carbonyl (C=O) groups is 4. The largest absolute Gasteiger partial charge is 0.504 e. The number of nitriles is 1. The van der Waals surface area contributed by atoms with E-state index in [-0.39, 0.29) is 48.8 Å². The smallest absolute Gasteiger partial charge is 0.241 e. The van der Waals surface area contributed by atoms with E-state index in [1.807, 2.05) is 11.0 Å². The van der Waals surface area contributed by atoms with Gasteiger partial charge in [0.15, 0.2) is 11.6 Å². The van der Waals surface area contributed by atoms with E-state index >= 15 is 0 Å². The molecule has 2 aliphatic heterocycles. The third kappa shape index (κ3) is 10.2. The van der Waals surface area contributed by atoms with Crippen LogP contribution in [0.25, 0.3) is 0 Å². The number of amides is 4. The van der Waals surface area contributed by atoms with Crippen LogP contribution in [0.2, 0.25) is 0 Å². The third-order valence-electron chi connectivity index (χ3n) is 6.84. The van der Waals surface area contributed by atoms with Crippen LogP contribution in [0.1, 0.15) is 59.8 Å². The normalized spacial score (nSPS) is 23.3. The molecule has 3 N–H and O–H groups in total. The first-order valence-electron chi connectivity index (χ1n) is 13.6. The molecule has 1 saturated carbocycles. The molecule has 3 fully saturated rings. The standard InChI is InChI=1S/C12H12N4O3.C12H20N2O2.C4H10/c13-5-9-4-8(6-16(9)7-17)12(19)15-11-10(18)2-1-3-14-11;1-9(15)13-6-12(16)14-7-10-4-2-3-5-11(10)8-14;1-4(2)3/h1-3,7-9,18H,4,6H2,(H,14,15,19);10-11H,2-8H2,1H3,(H,13,15);4H,1-3H3. The first-order valence-corrected chi connectivity index (χ1v) is 13.6. The van der Waals surface area contributed by atoms with Crippen LogP contribution < -0.4 is 10.6 Å². The summed E-state index contributed by atoms with van der Waals surface area (Å²) in [5.41, 5.74) is 0. The summed E-state index contributed by atoms with van der Waals surface area (Å²) in [6.07, 6.45) is 7.47.